The average molecular weight is 426 g/mol. The number of Topliss-reactive ketones (excluding diaryl/α,β-unsaturated/α-hetero) is 1. The van der Waals surface area contributed by atoms with Crippen LogP contribution in [0.5, 0.6) is 0 Å². The molecule has 0 spiro atoms. The number of rotatable bonds is 5. The van der Waals surface area contributed by atoms with Gasteiger partial charge < -0.3 is 0 Å². The van der Waals surface area contributed by atoms with E-state index in [1.54, 1.807) is 36.5 Å². The maximum Gasteiger partial charge on any atom is 0.332 e. The summed E-state index contributed by atoms with van der Waals surface area (Å²) >= 11 is 0. The van der Waals surface area contributed by atoms with Gasteiger partial charge in [0.2, 0.25) is 0 Å². The highest BCUT2D eigenvalue weighted by Crippen LogP contribution is 2.22. The summed E-state index contributed by atoms with van der Waals surface area (Å²) < 4.78 is 2.44. The molecule has 0 atom stereocenters. The zero-order valence-corrected chi connectivity index (χ0v) is 17.5. The summed E-state index contributed by atoms with van der Waals surface area (Å²) in [4.78, 5) is 47.9. The SMILES string of the molecule is O=C(Cn1c(=O)n(Cc2ccccn2)c(=O)c2ncccc21)c1ccc2c(c1)CCCC2. The Bertz CT molecular complexity index is 1440. The van der Waals surface area contributed by atoms with E-state index in [9.17, 15) is 14.4 Å². The number of nitrogens with zero attached hydrogens (tertiary/aromatic N) is 4. The number of pyridine rings is 2. The van der Waals surface area contributed by atoms with Crippen molar-refractivity contribution in [1.29, 1.82) is 0 Å². The van der Waals surface area contributed by atoms with Gasteiger partial charge in [-0.2, -0.15) is 0 Å². The first-order chi connectivity index (χ1) is 15.6. The van der Waals surface area contributed by atoms with Crippen LogP contribution >= 0.6 is 0 Å². The molecule has 7 heteroatoms. The smallest absolute Gasteiger partial charge is 0.292 e. The quantitative estimate of drug-likeness (QED) is 0.458. The van der Waals surface area contributed by atoms with Crippen molar-refractivity contribution in [3.05, 3.63) is 104 Å². The summed E-state index contributed by atoms with van der Waals surface area (Å²) in [5.41, 5.74) is 3.13. The van der Waals surface area contributed by atoms with Crippen molar-refractivity contribution >= 4 is 16.8 Å². The number of hydrogen-bond donors (Lipinski definition) is 0. The molecule has 0 bridgehead atoms. The van der Waals surface area contributed by atoms with Crippen LogP contribution in [0, 0.1) is 0 Å². The second kappa shape index (κ2) is 8.34. The summed E-state index contributed by atoms with van der Waals surface area (Å²) in [6.07, 6.45) is 7.43. The van der Waals surface area contributed by atoms with Crippen LogP contribution in [-0.2, 0) is 25.9 Å². The van der Waals surface area contributed by atoms with Crippen LogP contribution in [-0.4, -0.2) is 24.9 Å². The van der Waals surface area contributed by atoms with Gasteiger partial charge in [0.15, 0.2) is 11.3 Å². The van der Waals surface area contributed by atoms with Crippen molar-refractivity contribution in [2.45, 2.75) is 38.8 Å². The molecule has 0 unspecified atom stereocenters. The van der Waals surface area contributed by atoms with E-state index >= 15 is 0 Å². The van der Waals surface area contributed by atoms with Crippen LogP contribution in [0.4, 0.5) is 0 Å². The van der Waals surface area contributed by atoms with E-state index in [0.29, 0.717) is 16.8 Å². The summed E-state index contributed by atoms with van der Waals surface area (Å²) in [6, 6.07) is 14.4. The van der Waals surface area contributed by atoms with Crippen LogP contribution in [0.2, 0.25) is 0 Å². The number of aromatic nitrogens is 4. The molecule has 0 N–H and O–H groups in total. The highest BCUT2D eigenvalue weighted by atomic mass is 16.2. The molecule has 1 aliphatic carbocycles. The van der Waals surface area contributed by atoms with Crippen molar-refractivity contribution in [1.82, 2.24) is 19.1 Å². The predicted molar refractivity (Wildman–Crippen MR) is 121 cm³/mol. The molecule has 5 rings (SSSR count). The van der Waals surface area contributed by atoms with Gasteiger partial charge >= 0.3 is 5.69 Å². The summed E-state index contributed by atoms with van der Waals surface area (Å²) in [6.45, 7) is -0.152. The molecule has 0 fully saturated rings. The molecular formula is C25H22N4O3. The molecule has 0 saturated carbocycles. The van der Waals surface area contributed by atoms with Crippen LogP contribution in [0.3, 0.4) is 0 Å². The van der Waals surface area contributed by atoms with Gasteiger partial charge in [0.25, 0.3) is 5.56 Å². The number of carbonyl (C=O) groups is 1. The Morgan fingerprint density at radius 1 is 0.875 bits per heavy atom. The highest BCUT2D eigenvalue weighted by molar-refractivity contribution is 5.96. The standard InChI is InChI=1S/C25H22N4O3/c30-22(19-11-10-17-6-1-2-7-18(17)14-19)16-28-21-9-5-13-27-23(21)24(31)29(25(28)32)15-20-8-3-4-12-26-20/h3-5,8-14H,1-2,6-7,15-16H2. The van der Waals surface area contributed by atoms with E-state index in [1.165, 1.54) is 28.3 Å². The lowest BCUT2D eigenvalue weighted by atomic mass is 9.90. The predicted octanol–water partition coefficient (Wildman–Crippen LogP) is 2.76. The van der Waals surface area contributed by atoms with E-state index in [4.69, 9.17) is 0 Å². The molecular weight excluding hydrogens is 404 g/mol. The topological polar surface area (TPSA) is 86.9 Å². The lowest BCUT2D eigenvalue weighted by Crippen LogP contribution is -2.41. The first-order valence-corrected chi connectivity index (χ1v) is 10.7. The van der Waals surface area contributed by atoms with Crippen LogP contribution in [0.15, 0.2) is 70.5 Å². The normalized spacial score (nSPS) is 13.1. The monoisotopic (exact) mass is 426 g/mol. The fraction of sp³-hybridized carbons (Fsp3) is 0.240. The zero-order chi connectivity index (χ0) is 22.1. The molecule has 1 aromatic carbocycles. The van der Waals surface area contributed by atoms with E-state index < -0.39 is 11.2 Å². The van der Waals surface area contributed by atoms with Gasteiger partial charge in [0.1, 0.15) is 0 Å². The fourth-order valence-electron chi connectivity index (χ4n) is 4.33. The molecule has 0 radical (unpaired) electrons. The van der Waals surface area contributed by atoms with Gasteiger partial charge in [0.05, 0.1) is 24.3 Å². The minimum absolute atomic E-state index is 0.0120. The third kappa shape index (κ3) is 3.66. The van der Waals surface area contributed by atoms with Crippen molar-refractivity contribution in [3.8, 4) is 0 Å². The number of ketones is 1. The first kappa shape index (κ1) is 20.1. The third-order valence-corrected chi connectivity index (χ3v) is 6.01. The third-order valence-electron chi connectivity index (χ3n) is 6.01. The van der Waals surface area contributed by atoms with Gasteiger partial charge in [-0.3, -0.25) is 23.7 Å². The Kier molecular flexibility index (Phi) is 5.23. The minimum Gasteiger partial charge on any atom is -0.292 e. The fourth-order valence-corrected chi connectivity index (χ4v) is 4.33. The summed E-state index contributed by atoms with van der Waals surface area (Å²) in [5.74, 6) is -0.173. The van der Waals surface area contributed by atoms with Crippen LogP contribution in [0.25, 0.3) is 11.0 Å². The Hall–Kier alpha value is -3.87. The van der Waals surface area contributed by atoms with Crippen molar-refractivity contribution in [3.63, 3.8) is 0 Å². The lowest BCUT2D eigenvalue weighted by molar-refractivity contribution is 0.0971. The molecule has 1 aliphatic rings. The zero-order valence-electron chi connectivity index (χ0n) is 17.5. The average Bonchev–Trinajstić information content (AvgIpc) is 2.84. The summed E-state index contributed by atoms with van der Waals surface area (Å²) in [5, 5.41) is 0. The first-order valence-electron chi connectivity index (χ1n) is 10.7. The molecule has 0 aliphatic heterocycles. The van der Waals surface area contributed by atoms with Gasteiger partial charge in [-0.05, 0) is 67.1 Å². The van der Waals surface area contributed by atoms with E-state index in [-0.39, 0.29) is 24.4 Å². The molecule has 7 nitrogen and oxygen atoms in total. The van der Waals surface area contributed by atoms with Gasteiger partial charge in [-0.25, -0.2) is 9.78 Å². The molecule has 4 aromatic rings. The number of benzene rings is 1. The van der Waals surface area contributed by atoms with Gasteiger partial charge in [-0.1, -0.05) is 18.2 Å². The molecule has 0 amide bonds. The van der Waals surface area contributed by atoms with Crippen LogP contribution < -0.4 is 11.2 Å². The number of aryl methyl sites for hydroxylation is 2. The van der Waals surface area contributed by atoms with E-state index in [2.05, 4.69) is 9.97 Å². The maximum atomic E-state index is 13.3. The lowest BCUT2D eigenvalue weighted by Gasteiger charge is -2.17. The highest BCUT2D eigenvalue weighted by Gasteiger charge is 2.18. The second-order valence-electron chi connectivity index (χ2n) is 8.07. The van der Waals surface area contributed by atoms with Crippen molar-refractivity contribution in [2.75, 3.05) is 0 Å². The van der Waals surface area contributed by atoms with Gasteiger partial charge in [0, 0.05) is 18.0 Å². The van der Waals surface area contributed by atoms with E-state index in [1.807, 2.05) is 18.2 Å². The molecule has 3 heterocycles. The van der Waals surface area contributed by atoms with Crippen molar-refractivity contribution < 1.29 is 4.79 Å². The molecule has 3 aromatic heterocycles. The second-order valence-corrected chi connectivity index (χ2v) is 8.07. The Morgan fingerprint density at radius 3 is 2.50 bits per heavy atom. The van der Waals surface area contributed by atoms with Crippen LogP contribution in [0.1, 0.15) is 40.0 Å². The number of carbonyl (C=O) groups excluding carboxylic acids is 1. The number of fused-ring (bicyclic) bond motifs is 2. The van der Waals surface area contributed by atoms with E-state index in [0.717, 1.165) is 23.8 Å². The molecule has 0 saturated heterocycles. The largest absolute Gasteiger partial charge is 0.332 e. The minimum atomic E-state index is -0.549. The molecule has 160 valence electrons. The van der Waals surface area contributed by atoms with Gasteiger partial charge in [-0.15, -0.1) is 0 Å². The Balaban J connectivity index is 1.58. The maximum absolute atomic E-state index is 13.3. The Morgan fingerprint density at radius 2 is 1.69 bits per heavy atom. The molecule has 32 heavy (non-hydrogen) atoms. The van der Waals surface area contributed by atoms with Crippen molar-refractivity contribution in [2.24, 2.45) is 0 Å². The summed E-state index contributed by atoms with van der Waals surface area (Å²) in [7, 11) is 0. The number of hydrogen-bond acceptors (Lipinski definition) is 5. The Labute approximate surface area is 184 Å².